The molecule has 0 aliphatic heterocycles. The largest absolute Gasteiger partial charge is 0.350 e. The molecule has 0 fully saturated rings. The van der Waals surface area contributed by atoms with Crippen LogP contribution in [-0.4, -0.2) is 23.4 Å². The molecular weight excluding hydrogens is 240 g/mol. The van der Waals surface area contributed by atoms with Crippen molar-refractivity contribution in [3.8, 4) is 0 Å². The van der Waals surface area contributed by atoms with Crippen LogP contribution in [0, 0.1) is 11.3 Å². The maximum absolute atomic E-state index is 12.2. The molecule has 0 bridgehead atoms. The zero-order valence-electron chi connectivity index (χ0n) is 13.7. The van der Waals surface area contributed by atoms with Crippen LogP contribution in [0.15, 0.2) is 0 Å². The highest BCUT2D eigenvalue weighted by Crippen LogP contribution is 2.15. The van der Waals surface area contributed by atoms with E-state index in [0.717, 1.165) is 0 Å². The van der Waals surface area contributed by atoms with Crippen LogP contribution in [0.5, 0.6) is 0 Å². The van der Waals surface area contributed by atoms with Crippen molar-refractivity contribution in [2.24, 2.45) is 11.3 Å². The number of carbonyl (C=O) groups excluding carboxylic acids is 2. The van der Waals surface area contributed by atoms with Gasteiger partial charge in [0.1, 0.15) is 6.04 Å². The molecule has 2 amide bonds. The molecule has 0 aliphatic rings. The van der Waals surface area contributed by atoms with Gasteiger partial charge in [-0.1, -0.05) is 34.6 Å². The SMILES string of the molecule is CC(C)C[C@H](NC(=O)C(C)(C)C)C(=O)NC(C)(C)C. The summed E-state index contributed by atoms with van der Waals surface area (Å²) >= 11 is 0. The Bertz CT molecular complexity index is 322. The fourth-order valence-corrected chi connectivity index (χ4v) is 1.53. The summed E-state index contributed by atoms with van der Waals surface area (Å²) in [5, 5.41) is 5.79. The first-order chi connectivity index (χ1) is 8.33. The Kier molecular flexibility index (Phi) is 6.04. The lowest BCUT2D eigenvalue weighted by Crippen LogP contribution is -2.54. The zero-order valence-corrected chi connectivity index (χ0v) is 13.7. The Morgan fingerprint density at radius 1 is 1.00 bits per heavy atom. The molecular formula is C15H30N2O2. The van der Waals surface area contributed by atoms with Crippen molar-refractivity contribution in [1.82, 2.24) is 10.6 Å². The number of nitrogens with one attached hydrogen (secondary N) is 2. The quantitative estimate of drug-likeness (QED) is 0.824. The average Bonchev–Trinajstić information content (AvgIpc) is 2.11. The molecule has 0 unspecified atom stereocenters. The minimum atomic E-state index is -0.489. The van der Waals surface area contributed by atoms with Gasteiger partial charge in [0.15, 0.2) is 0 Å². The third kappa shape index (κ3) is 7.85. The Morgan fingerprint density at radius 2 is 1.47 bits per heavy atom. The predicted molar refractivity (Wildman–Crippen MR) is 78.7 cm³/mol. The molecule has 0 aromatic rings. The van der Waals surface area contributed by atoms with Crippen LogP contribution in [0.4, 0.5) is 0 Å². The summed E-state index contributed by atoms with van der Waals surface area (Å²) in [5.74, 6) is 0.136. The first-order valence-corrected chi connectivity index (χ1v) is 6.96. The molecule has 1 atom stereocenters. The van der Waals surface area contributed by atoms with Crippen molar-refractivity contribution in [2.75, 3.05) is 0 Å². The molecule has 0 saturated carbocycles. The second-order valence-electron chi connectivity index (χ2n) is 7.64. The zero-order chi connectivity index (χ0) is 15.4. The van der Waals surface area contributed by atoms with Gasteiger partial charge in [-0.05, 0) is 33.1 Å². The molecule has 0 heterocycles. The highest BCUT2D eigenvalue weighted by molar-refractivity contribution is 5.89. The topological polar surface area (TPSA) is 58.2 Å². The van der Waals surface area contributed by atoms with Crippen molar-refractivity contribution in [3.63, 3.8) is 0 Å². The van der Waals surface area contributed by atoms with Gasteiger partial charge in [0.2, 0.25) is 11.8 Å². The second-order valence-corrected chi connectivity index (χ2v) is 7.64. The number of rotatable bonds is 4. The monoisotopic (exact) mass is 270 g/mol. The molecule has 2 N–H and O–H groups in total. The lowest BCUT2D eigenvalue weighted by molar-refractivity contribution is -0.134. The third-order valence-electron chi connectivity index (χ3n) is 2.51. The van der Waals surface area contributed by atoms with E-state index in [2.05, 4.69) is 10.6 Å². The standard InChI is InChI=1S/C15H30N2O2/c1-10(2)9-11(12(18)17-15(6,7)8)16-13(19)14(3,4)5/h10-11H,9H2,1-8H3,(H,16,19)(H,17,18)/t11-/m0/s1. The highest BCUT2D eigenvalue weighted by atomic mass is 16.2. The molecule has 19 heavy (non-hydrogen) atoms. The van der Waals surface area contributed by atoms with Crippen LogP contribution >= 0.6 is 0 Å². The maximum Gasteiger partial charge on any atom is 0.242 e. The van der Waals surface area contributed by atoms with Crippen LogP contribution < -0.4 is 10.6 Å². The molecule has 4 nitrogen and oxygen atoms in total. The van der Waals surface area contributed by atoms with E-state index in [1.807, 2.05) is 55.4 Å². The van der Waals surface area contributed by atoms with Crippen molar-refractivity contribution in [3.05, 3.63) is 0 Å². The van der Waals surface area contributed by atoms with Gasteiger partial charge in [0.05, 0.1) is 0 Å². The Hall–Kier alpha value is -1.06. The summed E-state index contributed by atoms with van der Waals surface area (Å²) in [6, 6.07) is -0.467. The normalized spacial score (nSPS) is 14.2. The maximum atomic E-state index is 12.2. The summed E-state index contributed by atoms with van der Waals surface area (Å²) < 4.78 is 0. The summed E-state index contributed by atoms with van der Waals surface area (Å²) in [7, 11) is 0. The first-order valence-electron chi connectivity index (χ1n) is 6.96. The highest BCUT2D eigenvalue weighted by Gasteiger charge is 2.29. The van der Waals surface area contributed by atoms with E-state index in [0.29, 0.717) is 12.3 Å². The summed E-state index contributed by atoms with van der Waals surface area (Å²) in [6.07, 6.45) is 0.643. The predicted octanol–water partition coefficient (Wildman–Crippen LogP) is 2.48. The van der Waals surface area contributed by atoms with Gasteiger partial charge < -0.3 is 10.6 Å². The molecule has 112 valence electrons. The van der Waals surface area contributed by atoms with E-state index in [4.69, 9.17) is 0 Å². The summed E-state index contributed by atoms with van der Waals surface area (Å²) in [6.45, 7) is 15.4. The smallest absolute Gasteiger partial charge is 0.242 e. The van der Waals surface area contributed by atoms with E-state index in [9.17, 15) is 9.59 Å². The van der Waals surface area contributed by atoms with Crippen molar-refractivity contribution in [1.29, 1.82) is 0 Å². The molecule has 0 aromatic carbocycles. The lowest BCUT2D eigenvalue weighted by atomic mass is 9.94. The lowest BCUT2D eigenvalue weighted by Gasteiger charge is -2.28. The van der Waals surface area contributed by atoms with Crippen molar-refractivity contribution >= 4 is 11.8 Å². The second kappa shape index (κ2) is 6.40. The van der Waals surface area contributed by atoms with Crippen LogP contribution in [0.1, 0.15) is 61.8 Å². The molecule has 0 rings (SSSR count). The Balaban J connectivity index is 4.82. The van der Waals surface area contributed by atoms with E-state index in [1.165, 1.54) is 0 Å². The summed E-state index contributed by atoms with van der Waals surface area (Å²) in [5.41, 5.74) is -0.782. The molecule has 0 radical (unpaired) electrons. The molecule has 0 aromatic heterocycles. The number of carbonyl (C=O) groups is 2. The number of hydrogen-bond donors (Lipinski definition) is 2. The molecule has 0 spiro atoms. The van der Waals surface area contributed by atoms with E-state index >= 15 is 0 Å². The van der Waals surface area contributed by atoms with E-state index in [1.54, 1.807) is 0 Å². The van der Waals surface area contributed by atoms with Crippen molar-refractivity contribution < 1.29 is 9.59 Å². The van der Waals surface area contributed by atoms with Crippen LogP contribution in [0.2, 0.25) is 0 Å². The minimum Gasteiger partial charge on any atom is -0.350 e. The third-order valence-corrected chi connectivity index (χ3v) is 2.51. The minimum absolute atomic E-state index is 0.0952. The number of hydrogen-bond acceptors (Lipinski definition) is 2. The van der Waals surface area contributed by atoms with Crippen molar-refractivity contribution in [2.45, 2.75) is 73.4 Å². The van der Waals surface area contributed by atoms with Gasteiger partial charge >= 0.3 is 0 Å². The van der Waals surface area contributed by atoms with Crippen LogP contribution in [-0.2, 0) is 9.59 Å². The molecule has 4 heteroatoms. The number of amides is 2. The summed E-state index contributed by atoms with van der Waals surface area (Å²) in [4.78, 5) is 24.3. The van der Waals surface area contributed by atoms with Gasteiger partial charge in [-0.15, -0.1) is 0 Å². The first kappa shape index (κ1) is 17.9. The molecule has 0 aliphatic carbocycles. The van der Waals surface area contributed by atoms with Crippen LogP contribution in [0.3, 0.4) is 0 Å². The van der Waals surface area contributed by atoms with Gasteiger partial charge in [-0.2, -0.15) is 0 Å². The molecule has 0 saturated heterocycles. The Morgan fingerprint density at radius 3 is 1.79 bits per heavy atom. The van der Waals surface area contributed by atoms with E-state index in [-0.39, 0.29) is 17.4 Å². The van der Waals surface area contributed by atoms with Gasteiger partial charge in [-0.3, -0.25) is 9.59 Å². The van der Waals surface area contributed by atoms with Gasteiger partial charge in [-0.25, -0.2) is 0 Å². The Labute approximate surface area is 117 Å². The fourth-order valence-electron chi connectivity index (χ4n) is 1.53. The fraction of sp³-hybridized carbons (Fsp3) is 0.867. The van der Waals surface area contributed by atoms with Crippen LogP contribution in [0.25, 0.3) is 0 Å². The van der Waals surface area contributed by atoms with E-state index < -0.39 is 11.5 Å². The van der Waals surface area contributed by atoms with Gasteiger partial charge in [0.25, 0.3) is 0 Å². The van der Waals surface area contributed by atoms with Gasteiger partial charge in [0, 0.05) is 11.0 Å². The average molecular weight is 270 g/mol.